The molecule has 0 spiro atoms. The quantitative estimate of drug-likeness (QED) is 0.765. The van der Waals surface area contributed by atoms with Gasteiger partial charge in [0.2, 0.25) is 5.95 Å². The smallest absolute Gasteiger partial charge is 0.222 e. The molecule has 13 heavy (non-hydrogen) atoms. The fraction of sp³-hybridized carbons (Fsp3) is 0.600. The van der Waals surface area contributed by atoms with E-state index in [2.05, 4.69) is 22.2 Å². The fourth-order valence-corrected chi connectivity index (χ4v) is 1.65. The summed E-state index contributed by atoms with van der Waals surface area (Å²) in [6.45, 7) is 2.23. The maximum atomic E-state index is 4.13. The zero-order valence-electron chi connectivity index (χ0n) is 7.90. The number of nitrogens with one attached hydrogen (secondary N) is 1. The largest absolute Gasteiger partial charge is 0.351 e. The summed E-state index contributed by atoms with van der Waals surface area (Å²) in [5.74, 6) is 1.62. The van der Waals surface area contributed by atoms with Gasteiger partial charge >= 0.3 is 0 Å². The van der Waals surface area contributed by atoms with Gasteiger partial charge in [-0.3, -0.25) is 0 Å². The van der Waals surface area contributed by atoms with Gasteiger partial charge in [-0.25, -0.2) is 9.97 Å². The molecule has 0 amide bonds. The van der Waals surface area contributed by atoms with E-state index < -0.39 is 0 Å². The minimum atomic E-state index is 0.627. The summed E-state index contributed by atoms with van der Waals surface area (Å²) >= 11 is 0. The molecule has 1 aromatic heterocycles. The summed E-state index contributed by atoms with van der Waals surface area (Å²) in [6, 6.07) is 2.46. The lowest BCUT2D eigenvalue weighted by Gasteiger charge is -2.01. The van der Waals surface area contributed by atoms with E-state index in [0.717, 1.165) is 11.9 Å². The SMILES string of the molecule is CCCC1CC1Nc1ncccn1. The van der Waals surface area contributed by atoms with Crippen LogP contribution in [-0.4, -0.2) is 16.0 Å². The van der Waals surface area contributed by atoms with Crippen LogP contribution in [0, 0.1) is 5.92 Å². The van der Waals surface area contributed by atoms with Gasteiger partial charge < -0.3 is 5.32 Å². The highest BCUT2D eigenvalue weighted by Gasteiger charge is 2.36. The number of hydrogen-bond acceptors (Lipinski definition) is 3. The summed E-state index contributed by atoms with van der Waals surface area (Å²) in [6.07, 6.45) is 7.42. The Balaban J connectivity index is 1.81. The Kier molecular flexibility index (Phi) is 2.43. The van der Waals surface area contributed by atoms with Crippen molar-refractivity contribution in [1.29, 1.82) is 0 Å². The van der Waals surface area contributed by atoms with Gasteiger partial charge in [-0.05, 0) is 24.8 Å². The van der Waals surface area contributed by atoms with E-state index in [9.17, 15) is 0 Å². The molecule has 1 heterocycles. The van der Waals surface area contributed by atoms with E-state index in [1.807, 2.05) is 6.07 Å². The van der Waals surface area contributed by atoms with Gasteiger partial charge in [0.15, 0.2) is 0 Å². The molecular formula is C10H15N3. The minimum Gasteiger partial charge on any atom is -0.351 e. The first-order chi connectivity index (χ1) is 6.40. The van der Waals surface area contributed by atoms with E-state index in [-0.39, 0.29) is 0 Å². The minimum absolute atomic E-state index is 0.627. The maximum absolute atomic E-state index is 4.13. The van der Waals surface area contributed by atoms with E-state index in [4.69, 9.17) is 0 Å². The van der Waals surface area contributed by atoms with Gasteiger partial charge in [0.05, 0.1) is 0 Å². The van der Waals surface area contributed by atoms with Crippen molar-refractivity contribution in [3.8, 4) is 0 Å². The number of nitrogens with zero attached hydrogens (tertiary/aromatic N) is 2. The predicted octanol–water partition coefficient (Wildman–Crippen LogP) is 2.08. The third-order valence-electron chi connectivity index (χ3n) is 2.46. The van der Waals surface area contributed by atoms with Crippen molar-refractivity contribution in [2.75, 3.05) is 5.32 Å². The first-order valence-corrected chi connectivity index (χ1v) is 4.93. The molecule has 70 valence electrons. The average Bonchev–Trinajstić information content (AvgIpc) is 2.86. The van der Waals surface area contributed by atoms with E-state index in [0.29, 0.717) is 6.04 Å². The maximum Gasteiger partial charge on any atom is 0.222 e. The van der Waals surface area contributed by atoms with Gasteiger partial charge in [0.25, 0.3) is 0 Å². The molecule has 2 unspecified atom stereocenters. The highest BCUT2D eigenvalue weighted by molar-refractivity contribution is 5.27. The average molecular weight is 177 g/mol. The van der Waals surface area contributed by atoms with Crippen LogP contribution >= 0.6 is 0 Å². The normalized spacial score (nSPS) is 25.6. The molecule has 0 aliphatic heterocycles. The predicted molar refractivity (Wildman–Crippen MR) is 52.5 cm³/mol. The molecule has 3 heteroatoms. The lowest BCUT2D eigenvalue weighted by Crippen LogP contribution is -2.07. The van der Waals surface area contributed by atoms with Crippen LogP contribution in [0.1, 0.15) is 26.2 Å². The molecule has 2 atom stereocenters. The Morgan fingerprint density at radius 1 is 1.46 bits per heavy atom. The van der Waals surface area contributed by atoms with Crippen molar-refractivity contribution in [2.24, 2.45) is 5.92 Å². The third-order valence-corrected chi connectivity index (χ3v) is 2.46. The summed E-state index contributed by atoms with van der Waals surface area (Å²) in [5, 5.41) is 3.33. The zero-order valence-corrected chi connectivity index (χ0v) is 7.90. The van der Waals surface area contributed by atoms with Crippen LogP contribution in [0.5, 0.6) is 0 Å². The number of hydrogen-bond donors (Lipinski definition) is 1. The molecule has 1 fully saturated rings. The van der Waals surface area contributed by atoms with Gasteiger partial charge in [0.1, 0.15) is 0 Å². The molecule has 1 aromatic rings. The van der Waals surface area contributed by atoms with Crippen LogP contribution in [0.2, 0.25) is 0 Å². The summed E-state index contributed by atoms with van der Waals surface area (Å²) in [7, 11) is 0. The molecule has 2 rings (SSSR count). The zero-order chi connectivity index (χ0) is 9.10. The lowest BCUT2D eigenvalue weighted by molar-refractivity contribution is 0.691. The van der Waals surface area contributed by atoms with Crippen LogP contribution in [0.4, 0.5) is 5.95 Å². The first kappa shape index (κ1) is 8.48. The van der Waals surface area contributed by atoms with Crippen molar-refractivity contribution in [3.05, 3.63) is 18.5 Å². The summed E-state index contributed by atoms with van der Waals surface area (Å²) < 4.78 is 0. The second kappa shape index (κ2) is 3.73. The topological polar surface area (TPSA) is 37.8 Å². The van der Waals surface area contributed by atoms with Gasteiger partial charge in [-0.1, -0.05) is 13.3 Å². The van der Waals surface area contributed by atoms with Crippen LogP contribution < -0.4 is 5.32 Å². The van der Waals surface area contributed by atoms with Crippen molar-refractivity contribution in [1.82, 2.24) is 9.97 Å². The van der Waals surface area contributed by atoms with Crippen LogP contribution in [0.3, 0.4) is 0 Å². The lowest BCUT2D eigenvalue weighted by atomic mass is 10.2. The van der Waals surface area contributed by atoms with E-state index >= 15 is 0 Å². The Morgan fingerprint density at radius 3 is 2.92 bits per heavy atom. The third kappa shape index (κ3) is 2.17. The second-order valence-electron chi connectivity index (χ2n) is 3.61. The standard InChI is InChI=1S/C10H15N3/c1-2-4-8-7-9(8)13-10-11-5-3-6-12-10/h3,5-6,8-9H,2,4,7H2,1H3,(H,11,12,13). The Morgan fingerprint density at radius 2 is 2.23 bits per heavy atom. The monoisotopic (exact) mass is 177 g/mol. The Bertz CT molecular complexity index is 260. The fourth-order valence-electron chi connectivity index (χ4n) is 1.65. The van der Waals surface area contributed by atoms with Crippen molar-refractivity contribution in [2.45, 2.75) is 32.2 Å². The Hall–Kier alpha value is -1.12. The second-order valence-corrected chi connectivity index (χ2v) is 3.61. The van der Waals surface area contributed by atoms with Crippen molar-refractivity contribution in [3.63, 3.8) is 0 Å². The van der Waals surface area contributed by atoms with Crippen molar-refractivity contribution < 1.29 is 0 Å². The Labute approximate surface area is 78.6 Å². The van der Waals surface area contributed by atoms with Gasteiger partial charge in [-0.15, -0.1) is 0 Å². The first-order valence-electron chi connectivity index (χ1n) is 4.93. The number of anilines is 1. The van der Waals surface area contributed by atoms with E-state index in [1.54, 1.807) is 12.4 Å². The number of rotatable bonds is 4. The molecule has 3 nitrogen and oxygen atoms in total. The molecule has 0 aromatic carbocycles. The molecule has 1 aliphatic carbocycles. The van der Waals surface area contributed by atoms with Gasteiger partial charge in [0, 0.05) is 18.4 Å². The highest BCUT2D eigenvalue weighted by atomic mass is 15.1. The van der Waals surface area contributed by atoms with Gasteiger partial charge in [-0.2, -0.15) is 0 Å². The number of aromatic nitrogens is 2. The highest BCUT2D eigenvalue weighted by Crippen LogP contribution is 2.36. The summed E-state index contributed by atoms with van der Waals surface area (Å²) in [4.78, 5) is 8.26. The molecule has 0 bridgehead atoms. The summed E-state index contributed by atoms with van der Waals surface area (Å²) in [5.41, 5.74) is 0. The molecule has 0 radical (unpaired) electrons. The molecule has 1 N–H and O–H groups in total. The van der Waals surface area contributed by atoms with Crippen LogP contribution in [0.15, 0.2) is 18.5 Å². The molecule has 1 saturated carbocycles. The molecule has 0 saturated heterocycles. The van der Waals surface area contributed by atoms with Crippen LogP contribution in [0.25, 0.3) is 0 Å². The van der Waals surface area contributed by atoms with Crippen molar-refractivity contribution >= 4 is 5.95 Å². The van der Waals surface area contributed by atoms with E-state index in [1.165, 1.54) is 19.3 Å². The molecule has 1 aliphatic rings. The molecular weight excluding hydrogens is 162 g/mol. The van der Waals surface area contributed by atoms with Crippen LogP contribution in [-0.2, 0) is 0 Å².